The summed E-state index contributed by atoms with van der Waals surface area (Å²) in [6, 6.07) is 3.49. The molecular formula is C7H7ClN2O. The second-order valence-corrected chi connectivity index (χ2v) is 2.31. The summed E-state index contributed by atoms with van der Waals surface area (Å²) in [6.07, 6.45) is 0. The van der Waals surface area contributed by atoms with Crippen molar-refractivity contribution in [3.05, 3.63) is 16.8 Å². The zero-order valence-corrected chi connectivity index (χ0v) is 6.77. The lowest BCUT2D eigenvalue weighted by molar-refractivity contribution is 0.328. The summed E-state index contributed by atoms with van der Waals surface area (Å²) in [6.45, 7) is 2.36. The van der Waals surface area contributed by atoms with Gasteiger partial charge in [0.25, 0.3) is 0 Å². The van der Waals surface area contributed by atoms with E-state index in [1.54, 1.807) is 0 Å². The Morgan fingerprint density at radius 3 is 3.09 bits per heavy atom. The highest BCUT2D eigenvalue weighted by molar-refractivity contribution is 6.29. The fourth-order valence-electron chi connectivity index (χ4n) is 0.745. The first kappa shape index (κ1) is 7.96. The molecular weight excluding hydrogens is 164 g/mol. The minimum atomic E-state index is 0.421. The van der Waals surface area contributed by atoms with E-state index in [0.717, 1.165) is 0 Å². The number of H-pyrrole nitrogens is 1. The number of ether oxygens (including phenoxy) is 1. The molecule has 0 unspecified atom stereocenters. The predicted octanol–water partition coefficient (Wildman–Crippen LogP) is 1.94. The van der Waals surface area contributed by atoms with Gasteiger partial charge in [0.1, 0.15) is 16.8 Å². The lowest BCUT2D eigenvalue weighted by Gasteiger charge is -1.97. The molecule has 11 heavy (non-hydrogen) atoms. The molecule has 0 amide bonds. The van der Waals surface area contributed by atoms with Crippen LogP contribution in [0.4, 0.5) is 0 Å². The molecule has 0 aliphatic carbocycles. The van der Waals surface area contributed by atoms with Gasteiger partial charge in [-0.2, -0.15) is 5.26 Å². The second-order valence-electron chi connectivity index (χ2n) is 1.90. The van der Waals surface area contributed by atoms with Crippen LogP contribution < -0.4 is 4.74 Å². The number of hydrogen-bond donors (Lipinski definition) is 1. The van der Waals surface area contributed by atoms with Gasteiger partial charge in [-0.05, 0) is 13.0 Å². The number of hydrogen-bond acceptors (Lipinski definition) is 2. The molecule has 1 rings (SSSR count). The van der Waals surface area contributed by atoms with Gasteiger partial charge in [-0.25, -0.2) is 0 Å². The number of halogens is 1. The smallest absolute Gasteiger partial charge is 0.210 e. The first-order valence-electron chi connectivity index (χ1n) is 3.19. The van der Waals surface area contributed by atoms with Gasteiger partial charge in [0.2, 0.25) is 5.88 Å². The molecule has 0 spiro atoms. The van der Waals surface area contributed by atoms with Crippen LogP contribution in [0.2, 0.25) is 5.15 Å². The molecule has 58 valence electrons. The summed E-state index contributed by atoms with van der Waals surface area (Å²) in [5.41, 5.74) is 0.442. The Kier molecular flexibility index (Phi) is 2.40. The molecule has 0 aliphatic heterocycles. The standard InChI is InChI=1S/C7H7ClN2O/c1-2-11-7-5(4-9)3-6(8)10-7/h3,10H,2H2,1H3. The number of nitrogens with zero attached hydrogens (tertiary/aromatic N) is 1. The van der Waals surface area contributed by atoms with Gasteiger partial charge in [0.15, 0.2) is 0 Å². The molecule has 1 aromatic rings. The van der Waals surface area contributed by atoms with Crippen molar-refractivity contribution in [2.24, 2.45) is 0 Å². The summed E-state index contributed by atoms with van der Waals surface area (Å²) < 4.78 is 5.09. The fourth-order valence-corrected chi connectivity index (χ4v) is 0.940. The van der Waals surface area contributed by atoms with Gasteiger partial charge in [-0.3, -0.25) is 0 Å². The molecule has 0 saturated heterocycles. The van der Waals surface area contributed by atoms with Gasteiger partial charge in [0, 0.05) is 0 Å². The molecule has 4 heteroatoms. The number of nitriles is 1. The van der Waals surface area contributed by atoms with E-state index in [1.165, 1.54) is 6.07 Å². The van der Waals surface area contributed by atoms with E-state index in [4.69, 9.17) is 21.6 Å². The van der Waals surface area contributed by atoms with Crippen LogP contribution >= 0.6 is 11.6 Å². The Morgan fingerprint density at radius 2 is 2.55 bits per heavy atom. The number of aromatic nitrogens is 1. The van der Waals surface area contributed by atoms with Crippen LogP contribution in [-0.2, 0) is 0 Å². The van der Waals surface area contributed by atoms with Gasteiger partial charge < -0.3 is 9.72 Å². The normalized spacial score (nSPS) is 9.18. The third kappa shape index (κ3) is 1.66. The monoisotopic (exact) mass is 170 g/mol. The van der Waals surface area contributed by atoms with Crippen LogP contribution in [-0.4, -0.2) is 11.6 Å². The molecule has 0 saturated carbocycles. The third-order valence-corrected chi connectivity index (χ3v) is 1.36. The minimum absolute atomic E-state index is 0.421. The third-order valence-electron chi connectivity index (χ3n) is 1.16. The van der Waals surface area contributed by atoms with Crippen molar-refractivity contribution in [3.8, 4) is 11.9 Å². The van der Waals surface area contributed by atoms with Crippen LogP contribution in [0.1, 0.15) is 12.5 Å². The first-order chi connectivity index (χ1) is 5.27. The largest absolute Gasteiger partial charge is 0.478 e. The molecule has 0 aliphatic rings. The predicted molar refractivity (Wildman–Crippen MR) is 41.7 cm³/mol. The molecule has 0 aromatic carbocycles. The Bertz CT molecular complexity index is 287. The van der Waals surface area contributed by atoms with Gasteiger partial charge >= 0.3 is 0 Å². The quantitative estimate of drug-likeness (QED) is 0.738. The van der Waals surface area contributed by atoms with Crippen molar-refractivity contribution in [1.29, 1.82) is 5.26 Å². The Balaban J connectivity index is 2.95. The minimum Gasteiger partial charge on any atom is -0.478 e. The first-order valence-corrected chi connectivity index (χ1v) is 3.57. The molecule has 1 aromatic heterocycles. The molecule has 0 fully saturated rings. The maximum absolute atomic E-state index is 8.55. The van der Waals surface area contributed by atoms with E-state index >= 15 is 0 Å². The average molecular weight is 171 g/mol. The molecule has 0 radical (unpaired) electrons. The van der Waals surface area contributed by atoms with Crippen molar-refractivity contribution in [1.82, 2.24) is 4.98 Å². The summed E-state index contributed by atoms with van der Waals surface area (Å²) in [7, 11) is 0. The zero-order valence-electron chi connectivity index (χ0n) is 6.02. The van der Waals surface area contributed by atoms with Crippen molar-refractivity contribution in [2.45, 2.75) is 6.92 Å². The average Bonchev–Trinajstić information content (AvgIpc) is 2.32. The highest BCUT2D eigenvalue weighted by Gasteiger charge is 2.05. The Labute approximate surface area is 69.5 Å². The SMILES string of the molecule is CCOc1[nH]c(Cl)cc1C#N. The molecule has 0 atom stereocenters. The van der Waals surface area contributed by atoms with Crippen LogP contribution in [0.5, 0.6) is 5.88 Å². The van der Waals surface area contributed by atoms with Crippen LogP contribution in [0.15, 0.2) is 6.07 Å². The van der Waals surface area contributed by atoms with Crippen LogP contribution in [0.3, 0.4) is 0 Å². The maximum Gasteiger partial charge on any atom is 0.210 e. The number of rotatable bonds is 2. The fraction of sp³-hybridized carbons (Fsp3) is 0.286. The van der Waals surface area contributed by atoms with E-state index in [-0.39, 0.29) is 0 Å². The Morgan fingerprint density at radius 1 is 1.82 bits per heavy atom. The summed E-state index contributed by atoms with van der Waals surface area (Å²) in [5, 5.41) is 8.97. The van der Waals surface area contributed by atoms with E-state index in [2.05, 4.69) is 4.98 Å². The van der Waals surface area contributed by atoms with E-state index in [0.29, 0.717) is 23.2 Å². The Hall–Kier alpha value is -1.14. The molecule has 3 nitrogen and oxygen atoms in total. The van der Waals surface area contributed by atoms with E-state index in [9.17, 15) is 0 Å². The summed E-state index contributed by atoms with van der Waals surface area (Å²) in [5.74, 6) is 0.444. The molecule has 0 bridgehead atoms. The highest BCUT2D eigenvalue weighted by Crippen LogP contribution is 2.20. The number of aromatic amines is 1. The van der Waals surface area contributed by atoms with Crippen molar-refractivity contribution < 1.29 is 4.74 Å². The van der Waals surface area contributed by atoms with E-state index < -0.39 is 0 Å². The zero-order chi connectivity index (χ0) is 8.27. The topological polar surface area (TPSA) is 48.8 Å². The van der Waals surface area contributed by atoms with Crippen molar-refractivity contribution >= 4 is 11.6 Å². The van der Waals surface area contributed by atoms with Crippen molar-refractivity contribution in [2.75, 3.05) is 6.61 Å². The number of nitrogens with one attached hydrogen (secondary N) is 1. The summed E-state index contributed by atoms with van der Waals surface area (Å²) >= 11 is 5.59. The van der Waals surface area contributed by atoms with Crippen LogP contribution in [0, 0.1) is 11.3 Å². The lowest BCUT2D eigenvalue weighted by Crippen LogP contribution is -1.92. The molecule has 1 N–H and O–H groups in total. The van der Waals surface area contributed by atoms with Crippen LogP contribution in [0.25, 0.3) is 0 Å². The second kappa shape index (κ2) is 3.31. The van der Waals surface area contributed by atoms with Gasteiger partial charge in [-0.1, -0.05) is 11.6 Å². The maximum atomic E-state index is 8.55. The van der Waals surface area contributed by atoms with E-state index in [1.807, 2.05) is 13.0 Å². The van der Waals surface area contributed by atoms with Gasteiger partial charge in [-0.15, -0.1) is 0 Å². The lowest BCUT2D eigenvalue weighted by atomic mass is 10.4. The highest BCUT2D eigenvalue weighted by atomic mass is 35.5. The van der Waals surface area contributed by atoms with Crippen molar-refractivity contribution in [3.63, 3.8) is 0 Å². The van der Waals surface area contributed by atoms with Gasteiger partial charge in [0.05, 0.1) is 6.61 Å². The summed E-state index contributed by atoms with van der Waals surface area (Å²) in [4.78, 5) is 2.72. The molecule has 1 heterocycles.